The molecule has 0 aromatic heterocycles. The fourth-order valence-corrected chi connectivity index (χ4v) is 3.98. The van der Waals surface area contributed by atoms with Crippen molar-refractivity contribution in [1.82, 2.24) is 0 Å². The maximum Gasteiger partial charge on any atom is 0.315 e. The highest BCUT2D eigenvalue weighted by atomic mass is 35.5. The minimum absolute atomic E-state index is 0.0823. The summed E-state index contributed by atoms with van der Waals surface area (Å²) in [6.07, 6.45) is 3.86. The Morgan fingerprint density at radius 3 is 2.88 bits per heavy atom. The molecule has 1 unspecified atom stereocenters. The highest BCUT2D eigenvalue weighted by Gasteiger charge is 2.43. The lowest BCUT2D eigenvalue weighted by Crippen LogP contribution is -2.37. The first-order chi connectivity index (χ1) is 12.5. The van der Waals surface area contributed by atoms with Gasteiger partial charge < -0.3 is 4.74 Å². The quantitative estimate of drug-likeness (QED) is 0.546. The van der Waals surface area contributed by atoms with Crippen LogP contribution in [0, 0.1) is 5.92 Å². The molecule has 0 bridgehead atoms. The van der Waals surface area contributed by atoms with Gasteiger partial charge in [-0.2, -0.15) is 0 Å². The second kappa shape index (κ2) is 8.17. The van der Waals surface area contributed by atoms with Crippen molar-refractivity contribution in [3.63, 3.8) is 0 Å². The number of halogens is 1. The third kappa shape index (κ3) is 3.75. The first-order valence-electron chi connectivity index (χ1n) is 9.26. The van der Waals surface area contributed by atoms with Gasteiger partial charge in [-0.1, -0.05) is 37.1 Å². The Morgan fingerprint density at radius 1 is 1.35 bits per heavy atom. The van der Waals surface area contributed by atoms with Crippen LogP contribution in [0.4, 0.5) is 0 Å². The molecule has 1 heterocycles. The summed E-state index contributed by atoms with van der Waals surface area (Å²) in [6.45, 7) is 4.29. The van der Waals surface area contributed by atoms with E-state index >= 15 is 0 Å². The Labute approximate surface area is 159 Å². The van der Waals surface area contributed by atoms with Gasteiger partial charge in [-0.15, -0.1) is 0 Å². The van der Waals surface area contributed by atoms with E-state index < -0.39 is 5.92 Å². The van der Waals surface area contributed by atoms with E-state index in [2.05, 4.69) is 4.99 Å². The normalized spacial score (nSPS) is 22.7. The summed E-state index contributed by atoms with van der Waals surface area (Å²) in [6, 6.07) is 7.41. The van der Waals surface area contributed by atoms with Crippen molar-refractivity contribution in [2.24, 2.45) is 10.9 Å². The zero-order valence-corrected chi connectivity index (χ0v) is 16.0. The number of unbranched alkanes of at least 4 members (excludes halogenated alkanes) is 1. The van der Waals surface area contributed by atoms with Crippen LogP contribution >= 0.6 is 11.6 Å². The van der Waals surface area contributed by atoms with Crippen LogP contribution < -0.4 is 0 Å². The molecule has 1 aliphatic heterocycles. The van der Waals surface area contributed by atoms with Crippen LogP contribution in [0.25, 0.3) is 0 Å². The number of esters is 1. The number of allylic oxidation sites excluding steroid dienone is 2. The number of hydrogen-bond donors (Lipinski definition) is 0. The molecule has 26 heavy (non-hydrogen) atoms. The van der Waals surface area contributed by atoms with Gasteiger partial charge in [0.25, 0.3) is 0 Å². The molecule has 1 aromatic rings. The van der Waals surface area contributed by atoms with Crippen LogP contribution in [0.3, 0.4) is 0 Å². The van der Waals surface area contributed by atoms with Crippen LogP contribution in [0.2, 0.25) is 5.02 Å². The van der Waals surface area contributed by atoms with E-state index in [1.54, 1.807) is 6.07 Å². The molecule has 0 N–H and O–H groups in total. The molecule has 138 valence electrons. The maximum absolute atomic E-state index is 12.9. The number of nitrogens with zero attached hydrogens (tertiary/aromatic N) is 1. The van der Waals surface area contributed by atoms with Gasteiger partial charge in [-0.05, 0) is 43.9 Å². The number of rotatable bonds is 5. The molecule has 1 aromatic carbocycles. The molecular formula is C21H24ClNO3. The topological polar surface area (TPSA) is 55.7 Å². The third-order valence-corrected chi connectivity index (χ3v) is 5.27. The second-order valence-electron chi connectivity index (χ2n) is 6.92. The summed E-state index contributed by atoms with van der Waals surface area (Å²) < 4.78 is 5.50. The van der Waals surface area contributed by atoms with Gasteiger partial charge in [0.1, 0.15) is 5.92 Å². The molecule has 0 fully saturated rings. The molecule has 4 nitrogen and oxygen atoms in total. The van der Waals surface area contributed by atoms with Crippen molar-refractivity contribution in [2.45, 2.75) is 51.9 Å². The van der Waals surface area contributed by atoms with Crippen LogP contribution in [-0.2, 0) is 14.3 Å². The van der Waals surface area contributed by atoms with Gasteiger partial charge in [-0.3, -0.25) is 14.6 Å². The summed E-state index contributed by atoms with van der Waals surface area (Å²) in [5, 5.41) is 0.589. The van der Waals surface area contributed by atoms with Crippen molar-refractivity contribution in [3.8, 4) is 0 Å². The fraction of sp³-hybridized carbons (Fsp3) is 0.476. The summed E-state index contributed by atoms with van der Waals surface area (Å²) in [7, 11) is 0. The highest BCUT2D eigenvalue weighted by Crippen LogP contribution is 2.43. The Balaban J connectivity index is 2.04. The SMILES string of the molecule is CCCCOC(=O)C1C(C)=NC2=C(C(=O)CCC2)[C@@H]1c1cccc(Cl)c1. The van der Waals surface area contributed by atoms with Crippen LogP contribution in [0.1, 0.15) is 57.4 Å². The predicted octanol–water partition coefficient (Wildman–Crippen LogP) is 4.86. The van der Waals surface area contributed by atoms with E-state index in [4.69, 9.17) is 16.3 Å². The van der Waals surface area contributed by atoms with E-state index in [-0.39, 0.29) is 17.7 Å². The van der Waals surface area contributed by atoms with Crippen molar-refractivity contribution >= 4 is 29.1 Å². The first kappa shape index (κ1) is 18.8. The number of ketones is 1. The Morgan fingerprint density at radius 2 is 2.15 bits per heavy atom. The summed E-state index contributed by atoms with van der Waals surface area (Å²) in [5.41, 5.74) is 3.07. The zero-order chi connectivity index (χ0) is 18.7. The van der Waals surface area contributed by atoms with Crippen molar-refractivity contribution < 1.29 is 14.3 Å². The Bertz CT molecular complexity index is 781. The monoisotopic (exact) mass is 373 g/mol. The van der Waals surface area contributed by atoms with Crippen LogP contribution in [0.15, 0.2) is 40.5 Å². The lowest BCUT2D eigenvalue weighted by Gasteiger charge is -2.34. The molecule has 2 atom stereocenters. The van der Waals surface area contributed by atoms with E-state index in [1.807, 2.05) is 32.0 Å². The second-order valence-corrected chi connectivity index (χ2v) is 7.36. The smallest absolute Gasteiger partial charge is 0.315 e. The number of ether oxygens (including phenoxy) is 1. The number of Topliss-reactive ketones (excluding diaryl/α,β-unsaturated/α-hetero) is 1. The number of carbonyl (C=O) groups is 2. The van der Waals surface area contributed by atoms with Crippen molar-refractivity contribution in [3.05, 3.63) is 46.1 Å². The molecular weight excluding hydrogens is 350 g/mol. The summed E-state index contributed by atoms with van der Waals surface area (Å²) in [4.78, 5) is 30.2. The van der Waals surface area contributed by atoms with E-state index in [1.165, 1.54) is 0 Å². The molecule has 0 amide bonds. The van der Waals surface area contributed by atoms with E-state index in [0.717, 1.165) is 36.9 Å². The summed E-state index contributed by atoms with van der Waals surface area (Å²) >= 11 is 6.19. The average Bonchev–Trinajstić information content (AvgIpc) is 2.61. The molecule has 0 spiro atoms. The highest BCUT2D eigenvalue weighted by molar-refractivity contribution is 6.30. The lowest BCUT2D eigenvalue weighted by molar-refractivity contribution is -0.146. The van der Waals surface area contributed by atoms with Gasteiger partial charge in [0.05, 0.1) is 6.61 Å². The maximum atomic E-state index is 12.9. The Hall–Kier alpha value is -1.94. The molecule has 0 radical (unpaired) electrons. The third-order valence-electron chi connectivity index (χ3n) is 5.04. The molecule has 3 rings (SSSR count). The fourth-order valence-electron chi connectivity index (χ4n) is 3.78. The van der Waals surface area contributed by atoms with Gasteiger partial charge in [0.15, 0.2) is 5.78 Å². The predicted molar refractivity (Wildman–Crippen MR) is 103 cm³/mol. The molecule has 5 heteroatoms. The van der Waals surface area contributed by atoms with Crippen LogP contribution in [-0.4, -0.2) is 24.1 Å². The number of hydrogen-bond acceptors (Lipinski definition) is 4. The number of aliphatic imine (C=N–C) groups is 1. The number of carbonyl (C=O) groups excluding carboxylic acids is 2. The summed E-state index contributed by atoms with van der Waals surface area (Å²) in [5.74, 6) is -1.18. The van der Waals surface area contributed by atoms with Gasteiger partial charge in [0, 0.05) is 34.3 Å². The molecule has 1 aliphatic carbocycles. The molecule has 2 aliphatic rings. The average molecular weight is 374 g/mol. The Kier molecular flexibility index (Phi) is 5.92. The lowest BCUT2D eigenvalue weighted by atomic mass is 9.72. The minimum atomic E-state index is -0.578. The molecule has 0 saturated heterocycles. The van der Waals surface area contributed by atoms with Crippen molar-refractivity contribution in [1.29, 1.82) is 0 Å². The zero-order valence-electron chi connectivity index (χ0n) is 15.3. The van der Waals surface area contributed by atoms with Gasteiger partial charge in [0.2, 0.25) is 0 Å². The van der Waals surface area contributed by atoms with Crippen LogP contribution in [0.5, 0.6) is 0 Å². The van der Waals surface area contributed by atoms with Gasteiger partial charge in [-0.25, -0.2) is 0 Å². The minimum Gasteiger partial charge on any atom is -0.465 e. The standard InChI is InChI=1S/C21H24ClNO3/c1-3-4-11-26-21(25)18-13(2)23-16-9-6-10-17(24)20(16)19(18)14-7-5-8-15(22)12-14/h5,7-8,12,18-19H,3-4,6,9-11H2,1-2H3/t18?,19-/m1/s1. The van der Waals surface area contributed by atoms with E-state index in [9.17, 15) is 9.59 Å². The van der Waals surface area contributed by atoms with Crippen molar-refractivity contribution in [2.75, 3.05) is 6.61 Å². The number of benzene rings is 1. The first-order valence-corrected chi connectivity index (χ1v) is 9.64. The molecule has 0 saturated carbocycles. The largest absolute Gasteiger partial charge is 0.465 e. The van der Waals surface area contributed by atoms with Gasteiger partial charge >= 0.3 is 5.97 Å². The van der Waals surface area contributed by atoms with E-state index in [0.29, 0.717) is 29.3 Å².